The molecule has 15 heavy (non-hydrogen) atoms. The molecule has 3 N–H and O–H groups in total. The van der Waals surface area contributed by atoms with Crippen LogP contribution in [0.2, 0.25) is 0 Å². The number of benzene rings is 1. The second kappa shape index (κ2) is 5.16. The summed E-state index contributed by atoms with van der Waals surface area (Å²) in [5.41, 5.74) is 8.61. The Morgan fingerprint density at radius 3 is 2.73 bits per heavy atom. The monoisotopic (exact) mass is 226 g/mol. The molecule has 1 aromatic carbocycles. The Morgan fingerprint density at radius 2 is 2.20 bits per heavy atom. The maximum atomic E-state index is 11.0. The Hall–Kier alpha value is -1.03. The third-order valence-electron chi connectivity index (χ3n) is 2.17. The number of hydrogen-bond donors (Lipinski definition) is 2. The van der Waals surface area contributed by atoms with Crippen molar-refractivity contribution in [3.05, 3.63) is 23.8 Å². The van der Waals surface area contributed by atoms with Crippen LogP contribution in [0.4, 0.5) is 11.4 Å². The van der Waals surface area contributed by atoms with Crippen LogP contribution in [0.5, 0.6) is 0 Å². The van der Waals surface area contributed by atoms with Crippen molar-refractivity contribution in [1.82, 2.24) is 0 Å². The maximum Gasteiger partial charge on any atom is 0.0431 e. The smallest absolute Gasteiger partial charge is 0.0431 e. The van der Waals surface area contributed by atoms with Crippen molar-refractivity contribution in [2.24, 2.45) is 0 Å². The lowest BCUT2D eigenvalue weighted by molar-refractivity contribution is 0.683. The minimum atomic E-state index is -0.766. The summed E-state index contributed by atoms with van der Waals surface area (Å²) >= 11 is 0. The molecule has 0 radical (unpaired) electrons. The van der Waals surface area contributed by atoms with Gasteiger partial charge in [-0.2, -0.15) is 0 Å². The van der Waals surface area contributed by atoms with Crippen LogP contribution in [-0.2, 0) is 10.8 Å². The average molecular weight is 226 g/mol. The first-order chi connectivity index (χ1) is 6.99. The predicted octanol–water partition coefficient (Wildman–Crippen LogP) is 1.76. The lowest BCUT2D eigenvalue weighted by Gasteiger charge is -2.14. The van der Waals surface area contributed by atoms with Crippen LogP contribution < -0.4 is 11.1 Å². The van der Waals surface area contributed by atoms with Crippen molar-refractivity contribution in [3.8, 4) is 0 Å². The molecule has 2 unspecified atom stereocenters. The van der Waals surface area contributed by atoms with Gasteiger partial charge in [0.2, 0.25) is 0 Å². The highest BCUT2D eigenvalue weighted by Gasteiger charge is 2.04. The molecule has 0 aliphatic carbocycles. The van der Waals surface area contributed by atoms with Crippen LogP contribution in [-0.4, -0.2) is 22.3 Å². The van der Waals surface area contributed by atoms with E-state index >= 15 is 0 Å². The highest BCUT2D eigenvalue weighted by Crippen LogP contribution is 2.17. The van der Waals surface area contributed by atoms with E-state index < -0.39 is 10.8 Å². The molecule has 1 aromatic rings. The third-order valence-corrected chi connectivity index (χ3v) is 3.14. The van der Waals surface area contributed by atoms with Gasteiger partial charge in [-0.25, -0.2) is 0 Å². The predicted molar refractivity (Wildman–Crippen MR) is 67.6 cm³/mol. The summed E-state index contributed by atoms with van der Waals surface area (Å²) in [6.07, 6.45) is 1.71. The Labute approximate surface area is 93.5 Å². The van der Waals surface area contributed by atoms with Gasteiger partial charge in [0.1, 0.15) is 0 Å². The Kier molecular flexibility index (Phi) is 4.15. The first kappa shape index (κ1) is 12.0. The lowest BCUT2D eigenvalue weighted by atomic mass is 10.2. The van der Waals surface area contributed by atoms with E-state index in [0.29, 0.717) is 5.75 Å². The number of hydrogen-bond acceptors (Lipinski definition) is 3. The molecule has 0 aliphatic rings. The van der Waals surface area contributed by atoms with Gasteiger partial charge in [0.25, 0.3) is 0 Å². The molecule has 0 saturated heterocycles. The zero-order valence-electron chi connectivity index (χ0n) is 9.41. The molecule has 0 amide bonds. The van der Waals surface area contributed by atoms with Crippen LogP contribution in [0.1, 0.15) is 12.5 Å². The Balaban J connectivity index is 2.64. The topological polar surface area (TPSA) is 55.1 Å². The maximum absolute atomic E-state index is 11.0. The molecule has 0 bridgehead atoms. The van der Waals surface area contributed by atoms with Gasteiger partial charge in [0.05, 0.1) is 0 Å². The second-order valence-electron chi connectivity index (χ2n) is 3.86. The molecule has 4 heteroatoms. The van der Waals surface area contributed by atoms with Gasteiger partial charge in [-0.3, -0.25) is 4.21 Å². The van der Waals surface area contributed by atoms with Crippen molar-refractivity contribution in [2.75, 3.05) is 23.1 Å². The van der Waals surface area contributed by atoms with E-state index in [9.17, 15) is 4.21 Å². The van der Waals surface area contributed by atoms with E-state index in [1.165, 1.54) is 0 Å². The lowest BCUT2D eigenvalue weighted by Crippen LogP contribution is -2.22. The molecule has 0 saturated carbocycles. The summed E-state index contributed by atoms with van der Waals surface area (Å²) in [6.45, 7) is 4.00. The molecular weight excluding hydrogens is 208 g/mol. The summed E-state index contributed by atoms with van der Waals surface area (Å²) in [6, 6.07) is 6.04. The van der Waals surface area contributed by atoms with E-state index in [1.54, 1.807) is 6.26 Å². The normalized spacial score (nSPS) is 14.6. The van der Waals surface area contributed by atoms with Crippen LogP contribution in [0.3, 0.4) is 0 Å². The van der Waals surface area contributed by atoms with E-state index in [1.807, 2.05) is 32.0 Å². The van der Waals surface area contributed by atoms with Gasteiger partial charge >= 0.3 is 0 Å². The zero-order chi connectivity index (χ0) is 11.4. The fraction of sp³-hybridized carbons (Fsp3) is 0.455. The fourth-order valence-electron chi connectivity index (χ4n) is 1.44. The van der Waals surface area contributed by atoms with Gasteiger partial charge in [0.15, 0.2) is 0 Å². The number of anilines is 2. The number of nitrogens with one attached hydrogen (secondary N) is 1. The average Bonchev–Trinajstić information content (AvgIpc) is 2.10. The standard InChI is InChI=1S/C11H18N2OS/c1-8-6-10(4-5-11(8)12)13-9(2)7-15(3)14/h4-6,9,13H,7,12H2,1-3H3. The molecule has 3 nitrogen and oxygen atoms in total. The van der Waals surface area contributed by atoms with Crippen molar-refractivity contribution >= 4 is 22.2 Å². The second-order valence-corrected chi connectivity index (χ2v) is 5.34. The zero-order valence-corrected chi connectivity index (χ0v) is 10.2. The summed E-state index contributed by atoms with van der Waals surface area (Å²) in [5, 5.41) is 3.29. The SMILES string of the molecule is Cc1cc(NC(C)CS(C)=O)ccc1N. The first-order valence-corrected chi connectivity index (χ1v) is 6.64. The summed E-state index contributed by atoms with van der Waals surface area (Å²) in [5.74, 6) is 0.656. The quantitative estimate of drug-likeness (QED) is 0.769. The van der Waals surface area contributed by atoms with E-state index in [2.05, 4.69) is 5.32 Å². The molecule has 0 aromatic heterocycles. The van der Waals surface area contributed by atoms with Crippen molar-refractivity contribution < 1.29 is 4.21 Å². The van der Waals surface area contributed by atoms with Crippen molar-refractivity contribution in [1.29, 1.82) is 0 Å². The minimum absolute atomic E-state index is 0.207. The van der Waals surface area contributed by atoms with Crippen molar-refractivity contribution in [3.63, 3.8) is 0 Å². The van der Waals surface area contributed by atoms with Gasteiger partial charge in [-0.1, -0.05) is 0 Å². The highest BCUT2D eigenvalue weighted by atomic mass is 32.2. The van der Waals surface area contributed by atoms with Crippen LogP contribution in [0, 0.1) is 6.92 Å². The highest BCUT2D eigenvalue weighted by molar-refractivity contribution is 7.84. The van der Waals surface area contributed by atoms with Crippen LogP contribution in [0.15, 0.2) is 18.2 Å². The van der Waals surface area contributed by atoms with Gasteiger partial charge in [-0.05, 0) is 37.6 Å². The molecule has 2 atom stereocenters. The number of rotatable bonds is 4. The third kappa shape index (κ3) is 3.91. The molecule has 0 aliphatic heterocycles. The fourth-order valence-corrected chi connectivity index (χ4v) is 2.23. The molecule has 0 spiro atoms. The summed E-state index contributed by atoms with van der Waals surface area (Å²) in [7, 11) is -0.766. The first-order valence-electron chi connectivity index (χ1n) is 4.91. The Bertz CT molecular complexity index is 366. The van der Waals surface area contributed by atoms with Gasteiger partial charge < -0.3 is 11.1 Å². The molecule has 0 heterocycles. The molecule has 0 fully saturated rings. The number of nitrogen functional groups attached to an aromatic ring is 1. The summed E-state index contributed by atoms with van der Waals surface area (Å²) < 4.78 is 11.0. The summed E-state index contributed by atoms with van der Waals surface area (Å²) in [4.78, 5) is 0. The molecule has 1 rings (SSSR count). The molecule has 84 valence electrons. The molecular formula is C11H18N2OS. The van der Waals surface area contributed by atoms with E-state index in [0.717, 1.165) is 16.9 Å². The number of aryl methyl sites for hydroxylation is 1. The van der Waals surface area contributed by atoms with Gasteiger partial charge in [0, 0.05) is 40.2 Å². The Morgan fingerprint density at radius 1 is 1.53 bits per heavy atom. The van der Waals surface area contributed by atoms with E-state index in [-0.39, 0.29) is 6.04 Å². The largest absolute Gasteiger partial charge is 0.399 e. The van der Waals surface area contributed by atoms with Crippen LogP contribution in [0.25, 0.3) is 0 Å². The van der Waals surface area contributed by atoms with Gasteiger partial charge in [-0.15, -0.1) is 0 Å². The van der Waals surface area contributed by atoms with E-state index in [4.69, 9.17) is 5.73 Å². The van der Waals surface area contributed by atoms with Crippen molar-refractivity contribution in [2.45, 2.75) is 19.9 Å². The number of nitrogens with two attached hydrogens (primary N) is 1. The minimum Gasteiger partial charge on any atom is -0.399 e. The van der Waals surface area contributed by atoms with Crippen LogP contribution >= 0.6 is 0 Å².